The highest BCUT2D eigenvalue weighted by Crippen LogP contribution is 2.22. The van der Waals surface area contributed by atoms with Crippen molar-refractivity contribution in [2.24, 2.45) is 0 Å². The van der Waals surface area contributed by atoms with Crippen LogP contribution in [-0.2, 0) is 6.42 Å². The first kappa shape index (κ1) is 14.2. The van der Waals surface area contributed by atoms with Gasteiger partial charge in [0, 0.05) is 26.0 Å². The Morgan fingerprint density at radius 2 is 2.05 bits per heavy atom. The molecule has 6 nitrogen and oxygen atoms in total. The molecule has 2 heterocycles. The molecule has 0 fully saturated rings. The number of anilines is 1. The Hall–Kier alpha value is -2.21. The molecule has 0 radical (unpaired) electrons. The predicted molar refractivity (Wildman–Crippen MR) is 77.1 cm³/mol. The van der Waals surface area contributed by atoms with E-state index in [2.05, 4.69) is 9.97 Å². The molecular formula is C13H13ClN4O2. The van der Waals surface area contributed by atoms with Gasteiger partial charge in [-0.1, -0.05) is 11.6 Å². The third kappa shape index (κ3) is 3.64. The summed E-state index contributed by atoms with van der Waals surface area (Å²) in [6.07, 6.45) is 4.26. The second kappa shape index (κ2) is 6.29. The van der Waals surface area contributed by atoms with Crippen molar-refractivity contribution < 1.29 is 4.92 Å². The Labute approximate surface area is 121 Å². The maximum atomic E-state index is 10.8. The maximum Gasteiger partial charge on any atom is 0.276 e. The van der Waals surface area contributed by atoms with Crippen LogP contribution < -0.4 is 4.90 Å². The third-order valence-corrected chi connectivity index (χ3v) is 3.05. The molecule has 0 aliphatic rings. The Morgan fingerprint density at radius 1 is 1.35 bits per heavy atom. The first-order valence-corrected chi connectivity index (χ1v) is 6.36. The first-order chi connectivity index (χ1) is 9.56. The molecular weight excluding hydrogens is 280 g/mol. The highest BCUT2D eigenvalue weighted by Gasteiger charge is 2.12. The quantitative estimate of drug-likeness (QED) is 0.481. The van der Waals surface area contributed by atoms with Crippen LogP contribution in [0.3, 0.4) is 0 Å². The Bertz CT molecular complexity index is 607. The number of rotatable bonds is 5. The van der Waals surface area contributed by atoms with Crippen molar-refractivity contribution >= 4 is 23.1 Å². The molecule has 104 valence electrons. The summed E-state index contributed by atoms with van der Waals surface area (Å²) >= 11 is 5.80. The van der Waals surface area contributed by atoms with Crippen LogP contribution in [0.1, 0.15) is 5.56 Å². The van der Waals surface area contributed by atoms with Crippen molar-refractivity contribution in [3.8, 4) is 0 Å². The van der Waals surface area contributed by atoms with Gasteiger partial charge in [-0.2, -0.15) is 0 Å². The van der Waals surface area contributed by atoms with Crippen LogP contribution >= 0.6 is 11.6 Å². The van der Waals surface area contributed by atoms with E-state index in [1.807, 2.05) is 24.1 Å². The fourth-order valence-corrected chi connectivity index (χ4v) is 1.93. The molecule has 0 N–H and O–H groups in total. The smallest absolute Gasteiger partial charge is 0.276 e. The molecule has 0 aromatic carbocycles. The van der Waals surface area contributed by atoms with Gasteiger partial charge in [-0.25, -0.2) is 4.98 Å². The molecule has 0 amide bonds. The fourth-order valence-electron chi connectivity index (χ4n) is 1.73. The van der Waals surface area contributed by atoms with E-state index in [0.717, 1.165) is 12.0 Å². The zero-order valence-corrected chi connectivity index (χ0v) is 11.6. The second-order valence-corrected chi connectivity index (χ2v) is 4.68. The van der Waals surface area contributed by atoms with Gasteiger partial charge in [0.2, 0.25) is 0 Å². The Morgan fingerprint density at radius 3 is 2.70 bits per heavy atom. The van der Waals surface area contributed by atoms with Crippen molar-refractivity contribution in [3.63, 3.8) is 0 Å². The van der Waals surface area contributed by atoms with Gasteiger partial charge in [0.25, 0.3) is 5.69 Å². The minimum absolute atomic E-state index is 0.0595. The zero-order chi connectivity index (χ0) is 14.5. The third-order valence-electron chi connectivity index (χ3n) is 2.85. The van der Waals surface area contributed by atoms with Crippen LogP contribution in [0.4, 0.5) is 11.5 Å². The molecule has 0 atom stereocenters. The number of nitro groups is 1. The number of likely N-dealkylation sites (N-methyl/N-ethyl adjacent to an activating group) is 1. The normalized spacial score (nSPS) is 10.3. The highest BCUT2D eigenvalue weighted by molar-refractivity contribution is 6.29. The Balaban J connectivity index is 2.09. The molecule has 0 aliphatic heterocycles. The second-order valence-electron chi connectivity index (χ2n) is 4.29. The molecule has 0 saturated heterocycles. The van der Waals surface area contributed by atoms with E-state index >= 15 is 0 Å². The molecule has 0 unspecified atom stereocenters. The summed E-state index contributed by atoms with van der Waals surface area (Å²) in [5.41, 5.74) is 1.08. The van der Waals surface area contributed by atoms with Crippen molar-refractivity contribution in [1.82, 2.24) is 9.97 Å². The van der Waals surface area contributed by atoms with Crippen LogP contribution in [0.2, 0.25) is 5.15 Å². The number of aromatic nitrogens is 2. The highest BCUT2D eigenvalue weighted by atomic mass is 35.5. The van der Waals surface area contributed by atoms with Crippen molar-refractivity contribution in [1.29, 1.82) is 0 Å². The SMILES string of the molecule is CN(CCc1ccncc1)c1cc([N+](=O)[O-])cc(Cl)n1. The van der Waals surface area contributed by atoms with Gasteiger partial charge < -0.3 is 4.90 Å². The topological polar surface area (TPSA) is 72.2 Å². The Kier molecular flexibility index (Phi) is 4.47. The number of halogens is 1. The number of hydrogen-bond acceptors (Lipinski definition) is 5. The molecule has 0 saturated carbocycles. The molecule has 2 aromatic rings. The summed E-state index contributed by atoms with van der Waals surface area (Å²) in [6, 6.07) is 6.52. The molecule has 0 aliphatic carbocycles. The lowest BCUT2D eigenvalue weighted by Crippen LogP contribution is -2.21. The monoisotopic (exact) mass is 292 g/mol. The molecule has 7 heteroatoms. The molecule has 20 heavy (non-hydrogen) atoms. The van der Waals surface area contributed by atoms with Gasteiger partial charge >= 0.3 is 0 Å². The van der Waals surface area contributed by atoms with E-state index in [0.29, 0.717) is 12.4 Å². The molecule has 2 aromatic heterocycles. The fraction of sp³-hybridized carbons (Fsp3) is 0.231. The van der Waals surface area contributed by atoms with E-state index in [1.165, 1.54) is 12.1 Å². The van der Waals surface area contributed by atoms with E-state index in [9.17, 15) is 10.1 Å². The molecule has 2 rings (SSSR count). The van der Waals surface area contributed by atoms with Crippen LogP contribution in [0, 0.1) is 10.1 Å². The maximum absolute atomic E-state index is 10.8. The van der Waals surface area contributed by atoms with E-state index in [-0.39, 0.29) is 10.8 Å². The van der Waals surface area contributed by atoms with Gasteiger partial charge in [-0.15, -0.1) is 0 Å². The summed E-state index contributed by atoms with van der Waals surface area (Å²) in [6.45, 7) is 0.675. The van der Waals surface area contributed by atoms with E-state index in [4.69, 9.17) is 11.6 Å². The van der Waals surface area contributed by atoms with Crippen LogP contribution in [0.5, 0.6) is 0 Å². The minimum Gasteiger partial charge on any atom is -0.359 e. The van der Waals surface area contributed by atoms with Gasteiger partial charge in [0.05, 0.1) is 17.1 Å². The average molecular weight is 293 g/mol. The van der Waals surface area contributed by atoms with Gasteiger partial charge in [0.1, 0.15) is 11.0 Å². The van der Waals surface area contributed by atoms with Crippen LogP contribution in [0.25, 0.3) is 0 Å². The number of hydrogen-bond donors (Lipinski definition) is 0. The van der Waals surface area contributed by atoms with Gasteiger partial charge in [-0.3, -0.25) is 15.1 Å². The summed E-state index contributed by atoms with van der Waals surface area (Å²) < 4.78 is 0. The summed E-state index contributed by atoms with van der Waals surface area (Å²) in [5, 5.41) is 10.9. The van der Waals surface area contributed by atoms with Crippen molar-refractivity contribution in [2.45, 2.75) is 6.42 Å². The van der Waals surface area contributed by atoms with Gasteiger partial charge in [-0.05, 0) is 24.1 Å². The van der Waals surface area contributed by atoms with E-state index in [1.54, 1.807) is 12.4 Å². The van der Waals surface area contributed by atoms with Gasteiger partial charge in [0.15, 0.2) is 0 Å². The lowest BCUT2D eigenvalue weighted by molar-refractivity contribution is -0.384. The van der Waals surface area contributed by atoms with Crippen molar-refractivity contribution in [2.75, 3.05) is 18.5 Å². The largest absolute Gasteiger partial charge is 0.359 e. The standard InChI is InChI=1S/C13H13ClN4O2/c1-17(7-4-10-2-5-15-6-3-10)13-9-11(18(19)20)8-12(14)16-13/h2-3,5-6,8-9H,4,7H2,1H3. The average Bonchev–Trinajstić information content (AvgIpc) is 2.45. The van der Waals surface area contributed by atoms with Crippen LogP contribution in [0.15, 0.2) is 36.7 Å². The lowest BCUT2D eigenvalue weighted by atomic mass is 10.2. The lowest BCUT2D eigenvalue weighted by Gasteiger charge is -2.18. The predicted octanol–water partition coefficient (Wildman–Crippen LogP) is 2.72. The summed E-state index contributed by atoms with van der Waals surface area (Å²) in [5.74, 6) is 0.484. The molecule has 0 bridgehead atoms. The van der Waals surface area contributed by atoms with Crippen molar-refractivity contribution in [3.05, 3.63) is 57.5 Å². The summed E-state index contributed by atoms with van der Waals surface area (Å²) in [7, 11) is 1.82. The van der Waals surface area contributed by atoms with Crippen LogP contribution in [-0.4, -0.2) is 28.5 Å². The molecule has 0 spiro atoms. The number of nitrogens with zero attached hydrogens (tertiary/aromatic N) is 4. The zero-order valence-electron chi connectivity index (χ0n) is 10.9. The minimum atomic E-state index is -0.478. The van der Waals surface area contributed by atoms with E-state index < -0.39 is 4.92 Å². The number of pyridine rings is 2. The first-order valence-electron chi connectivity index (χ1n) is 5.98. The summed E-state index contributed by atoms with van der Waals surface area (Å²) in [4.78, 5) is 20.2.